The second kappa shape index (κ2) is 8.04. The number of carboxylic acid groups (broad SMARTS) is 2. The van der Waals surface area contributed by atoms with Crippen molar-refractivity contribution in [2.24, 2.45) is 0 Å². The second-order valence-electron chi connectivity index (χ2n) is 3.75. The minimum absolute atomic E-state index is 0.0628. The van der Waals surface area contributed by atoms with Gasteiger partial charge < -0.3 is 15.1 Å². The molecule has 0 radical (unpaired) electrons. The average Bonchev–Trinajstić information content (AvgIpc) is 2.52. The van der Waals surface area contributed by atoms with Gasteiger partial charge in [0.15, 0.2) is 5.96 Å². The standard InChI is InChI=1S/C6H10O4.C4H7N3O/c7-5(8)3-1-2-4-6(9)10;1-7-2-3(8)6-4(7)5/h1-4H2,(H,7,8)(H,9,10);2H2,1H3,(H2,5,6,8). The van der Waals surface area contributed by atoms with E-state index in [1.165, 1.54) is 0 Å². The third-order valence-corrected chi connectivity index (χ3v) is 2.05. The Hall–Kier alpha value is -2.12. The number of unbranched alkanes of at least 4 members (excludes halogenated alkanes) is 1. The fourth-order valence-corrected chi connectivity index (χ4v) is 1.11. The number of nitrogens with one attached hydrogen (secondary N) is 2. The summed E-state index contributed by atoms with van der Waals surface area (Å²) in [5.41, 5.74) is 0. The van der Waals surface area contributed by atoms with Gasteiger partial charge in [-0.2, -0.15) is 0 Å². The number of hydrogen-bond acceptors (Lipinski definition) is 4. The molecule has 8 nitrogen and oxygen atoms in total. The van der Waals surface area contributed by atoms with E-state index in [0.29, 0.717) is 19.4 Å². The molecule has 0 atom stereocenters. The van der Waals surface area contributed by atoms with Crippen molar-refractivity contribution in [1.82, 2.24) is 10.2 Å². The molecule has 18 heavy (non-hydrogen) atoms. The SMILES string of the molecule is CN1CC(=O)NC1=N.O=C(O)CCCCC(=O)O. The quantitative estimate of drug-likeness (QED) is 0.501. The number of carbonyl (C=O) groups excluding carboxylic acids is 1. The molecule has 0 aromatic heterocycles. The highest BCUT2D eigenvalue weighted by atomic mass is 16.4. The van der Waals surface area contributed by atoms with Crippen LogP contribution < -0.4 is 5.32 Å². The van der Waals surface area contributed by atoms with Crippen LogP contribution in [0.3, 0.4) is 0 Å². The molecule has 1 fully saturated rings. The lowest BCUT2D eigenvalue weighted by Gasteiger charge is -2.03. The Morgan fingerprint density at radius 3 is 1.89 bits per heavy atom. The molecular weight excluding hydrogens is 242 g/mol. The summed E-state index contributed by atoms with van der Waals surface area (Å²) in [7, 11) is 1.69. The van der Waals surface area contributed by atoms with Crippen LogP contribution in [0.1, 0.15) is 25.7 Å². The number of likely N-dealkylation sites (N-methyl/N-ethyl adjacent to an activating group) is 1. The summed E-state index contributed by atoms with van der Waals surface area (Å²) in [6, 6.07) is 0. The first-order valence-electron chi connectivity index (χ1n) is 5.36. The maximum atomic E-state index is 10.4. The number of amides is 1. The van der Waals surface area contributed by atoms with Crippen molar-refractivity contribution in [3.05, 3.63) is 0 Å². The van der Waals surface area contributed by atoms with E-state index in [1.807, 2.05) is 0 Å². The van der Waals surface area contributed by atoms with Crippen LogP contribution in [-0.4, -0.2) is 52.5 Å². The van der Waals surface area contributed by atoms with Gasteiger partial charge in [-0.3, -0.25) is 25.1 Å². The smallest absolute Gasteiger partial charge is 0.303 e. The first-order valence-corrected chi connectivity index (χ1v) is 5.36. The Morgan fingerprint density at radius 1 is 1.28 bits per heavy atom. The molecule has 1 amide bonds. The van der Waals surface area contributed by atoms with E-state index in [-0.39, 0.29) is 24.7 Å². The van der Waals surface area contributed by atoms with E-state index in [0.717, 1.165) is 0 Å². The molecule has 8 heteroatoms. The molecule has 0 unspecified atom stereocenters. The van der Waals surface area contributed by atoms with Crippen molar-refractivity contribution in [3.8, 4) is 0 Å². The van der Waals surface area contributed by atoms with Crippen molar-refractivity contribution in [3.63, 3.8) is 0 Å². The molecule has 0 aromatic rings. The molecule has 0 aromatic carbocycles. The first-order chi connectivity index (χ1) is 8.32. The predicted octanol–water partition coefficient (Wildman–Crippen LogP) is -0.301. The summed E-state index contributed by atoms with van der Waals surface area (Å²) in [5.74, 6) is -1.65. The van der Waals surface area contributed by atoms with Crippen molar-refractivity contribution >= 4 is 23.8 Å². The maximum absolute atomic E-state index is 10.4. The van der Waals surface area contributed by atoms with Crippen LogP contribution in [0.5, 0.6) is 0 Å². The van der Waals surface area contributed by atoms with Gasteiger partial charge in [0.2, 0.25) is 5.91 Å². The summed E-state index contributed by atoms with van der Waals surface area (Å²) < 4.78 is 0. The molecule has 0 aliphatic carbocycles. The van der Waals surface area contributed by atoms with Gasteiger partial charge >= 0.3 is 11.9 Å². The Kier molecular flexibility index (Phi) is 7.10. The van der Waals surface area contributed by atoms with Crippen LogP contribution in [0.2, 0.25) is 0 Å². The topological polar surface area (TPSA) is 131 Å². The minimum atomic E-state index is -0.870. The monoisotopic (exact) mass is 259 g/mol. The van der Waals surface area contributed by atoms with Gasteiger partial charge in [0.1, 0.15) is 0 Å². The average molecular weight is 259 g/mol. The third kappa shape index (κ3) is 8.08. The van der Waals surface area contributed by atoms with Gasteiger partial charge in [0.05, 0.1) is 6.54 Å². The summed E-state index contributed by atoms with van der Waals surface area (Å²) in [6.07, 6.45) is 1.02. The normalized spacial score (nSPS) is 13.7. The second-order valence-corrected chi connectivity index (χ2v) is 3.75. The zero-order chi connectivity index (χ0) is 14.1. The summed E-state index contributed by atoms with van der Waals surface area (Å²) >= 11 is 0. The molecule has 1 aliphatic heterocycles. The molecule has 102 valence electrons. The zero-order valence-electron chi connectivity index (χ0n) is 10.1. The van der Waals surface area contributed by atoms with Gasteiger partial charge in [0, 0.05) is 19.9 Å². The van der Waals surface area contributed by atoms with Crippen molar-refractivity contribution in [1.29, 1.82) is 5.41 Å². The van der Waals surface area contributed by atoms with Crippen LogP contribution in [0.15, 0.2) is 0 Å². The van der Waals surface area contributed by atoms with E-state index < -0.39 is 11.9 Å². The van der Waals surface area contributed by atoms with Gasteiger partial charge in [-0.25, -0.2) is 0 Å². The number of aliphatic carboxylic acids is 2. The Morgan fingerprint density at radius 2 is 1.72 bits per heavy atom. The molecule has 1 saturated heterocycles. The molecule has 0 bridgehead atoms. The molecule has 4 N–H and O–H groups in total. The summed E-state index contributed by atoms with van der Waals surface area (Å²) in [6.45, 7) is 0.318. The van der Waals surface area contributed by atoms with Gasteiger partial charge in [-0.05, 0) is 12.8 Å². The molecule has 1 aliphatic rings. The van der Waals surface area contributed by atoms with E-state index in [1.54, 1.807) is 11.9 Å². The number of rotatable bonds is 5. The Balaban J connectivity index is 0.000000327. The number of carboxylic acids is 2. The molecule has 0 spiro atoms. The highest BCUT2D eigenvalue weighted by molar-refractivity contribution is 6.02. The lowest BCUT2D eigenvalue weighted by atomic mass is 10.2. The van der Waals surface area contributed by atoms with Crippen LogP contribution in [0.25, 0.3) is 0 Å². The van der Waals surface area contributed by atoms with Crippen LogP contribution in [0, 0.1) is 5.41 Å². The predicted molar refractivity (Wildman–Crippen MR) is 62.2 cm³/mol. The van der Waals surface area contributed by atoms with E-state index in [4.69, 9.17) is 15.6 Å². The third-order valence-electron chi connectivity index (χ3n) is 2.05. The number of hydrogen-bond donors (Lipinski definition) is 4. The van der Waals surface area contributed by atoms with E-state index in [2.05, 4.69) is 5.32 Å². The Bertz CT molecular complexity index is 326. The fourth-order valence-electron chi connectivity index (χ4n) is 1.11. The first kappa shape index (κ1) is 15.9. The highest BCUT2D eigenvalue weighted by Crippen LogP contribution is 1.98. The van der Waals surface area contributed by atoms with Gasteiger partial charge in [-0.15, -0.1) is 0 Å². The summed E-state index contributed by atoms with van der Waals surface area (Å²) in [4.78, 5) is 31.7. The van der Waals surface area contributed by atoms with E-state index >= 15 is 0 Å². The van der Waals surface area contributed by atoms with Crippen molar-refractivity contribution in [2.45, 2.75) is 25.7 Å². The molecule has 1 rings (SSSR count). The van der Waals surface area contributed by atoms with Crippen molar-refractivity contribution in [2.75, 3.05) is 13.6 Å². The Labute approximate surface area is 104 Å². The fraction of sp³-hybridized carbons (Fsp3) is 0.600. The van der Waals surface area contributed by atoms with Gasteiger partial charge in [-0.1, -0.05) is 0 Å². The number of guanidine groups is 1. The molecule has 1 heterocycles. The van der Waals surface area contributed by atoms with Crippen molar-refractivity contribution < 1.29 is 24.6 Å². The van der Waals surface area contributed by atoms with E-state index in [9.17, 15) is 14.4 Å². The largest absolute Gasteiger partial charge is 0.481 e. The molecule has 0 saturated carbocycles. The number of nitrogens with zero attached hydrogens (tertiary/aromatic N) is 1. The molecular formula is C10H17N3O5. The maximum Gasteiger partial charge on any atom is 0.303 e. The minimum Gasteiger partial charge on any atom is -0.481 e. The lowest BCUT2D eigenvalue weighted by Crippen LogP contribution is -2.25. The highest BCUT2D eigenvalue weighted by Gasteiger charge is 2.18. The summed E-state index contributed by atoms with van der Waals surface area (Å²) in [5, 5.41) is 25.6. The van der Waals surface area contributed by atoms with Crippen LogP contribution in [0.4, 0.5) is 0 Å². The van der Waals surface area contributed by atoms with Crippen LogP contribution in [-0.2, 0) is 14.4 Å². The zero-order valence-corrected chi connectivity index (χ0v) is 10.1. The van der Waals surface area contributed by atoms with Crippen LogP contribution >= 0.6 is 0 Å². The lowest BCUT2D eigenvalue weighted by molar-refractivity contribution is -0.139. The number of carbonyl (C=O) groups is 3. The van der Waals surface area contributed by atoms with Gasteiger partial charge in [0.25, 0.3) is 0 Å².